The highest BCUT2D eigenvalue weighted by Gasteiger charge is 2.29. The Labute approximate surface area is 122 Å². The first-order valence-electron chi connectivity index (χ1n) is 7.76. The van der Waals surface area contributed by atoms with Gasteiger partial charge in [-0.25, -0.2) is 0 Å². The zero-order valence-electron chi connectivity index (χ0n) is 13.0. The average Bonchev–Trinajstić information content (AvgIpc) is 2.47. The molecule has 0 aromatic carbocycles. The van der Waals surface area contributed by atoms with Crippen LogP contribution < -0.4 is 0 Å². The van der Waals surface area contributed by atoms with Gasteiger partial charge in [-0.05, 0) is 33.2 Å². The first kappa shape index (κ1) is 15.7. The fourth-order valence-corrected chi connectivity index (χ4v) is 3.19. The van der Waals surface area contributed by atoms with E-state index in [1.165, 1.54) is 7.11 Å². The molecule has 20 heavy (non-hydrogen) atoms. The number of esters is 1. The largest absolute Gasteiger partial charge is 0.469 e. The molecule has 0 amide bonds. The zero-order chi connectivity index (χ0) is 14.5. The van der Waals surface area contributed by atoms with Crippen LogP contribution in [-0.2, 0) is 14.3 Å². The van der Waals surface area contributed by atoms with Crippen LogP contribution in [0.4, 0.5) is 0 Å². The van der Waals surface area contributed by atoms with Gasteiger partial charge in [-0.3, -0.25) is 14.6 Å². The number of ether oxygens (including phenoxy) is 2. The Bertz CT molecular complexity index is 322. The molecule has 2 rings (SSSR count). The number of nitrogens with zero attached hydrogens (tertiary/aromatic N) is 2. The van der Waals surface area contributed by atoms with E-state index in [4.69, 9.17) is 9.47 Å². The number of carbonyl (C=O) groups is 1. The van der Waals surface area contributed by atoms with Crippen molar-refractivity contribution in [2.45, 2.75) is 38.8 Å². The quantitative estimate of drug-likeness (QED) is 0.720. The van der Waals surface area contributed by atoms with Gasteiger partial charge in [-0.1, -0.05) is 0 Å². The van der Waals surface area contributed by atoms with E-state index >= 15 is 0 Å². The van der Waals surface area contributed by atoms with Crippen molar-refractivity contribution in [3.05, 3.63) is 0 Å². The van der Waals surface area contributed by atoms with Gasteiger partial charge >= 0.3 is 5.97 Å². The summed E-state index contributed by atoms with van der Waals surface area (Å²) >= 11 is 0. The van der Waals surface area contributed by atoms with E-state index in [2.05, 4.69) is 23.6 Å². The predicted octanol–water partition coefficient (Wildman–Crippen LogP) is 0.981. The molecule has 2 fully saturated rings. The minimum Gasteiger partial charge on any atom is -0.469 e. The standard InChI is InChI=1S/C15H28N2O3/c1-12(2)17-7-8-20-14(11-17)10-16-6-4-5-13(9-16)15(18)19-3/h12-14H,4-11H2,1-3H3/t13-,14?/m0/s1. The SMILES string of the molecule is COC(=O)[C@H]1CCCN(CC2CN(C(C)C)CCO2)C1. The van der Waals surface area contributed by atoms with Crippen molar-refractivity contribution in [3.8, 4) is 0 Å². The Kier molecular flexibility index (Phi) is 5.81. The number of hydrogen-bond donors (Lipinski definition) is 0. The fourth-order valence-electron chi connectivity index (χ4n) is 3.19. The Hall–Kier alpha value is -0.650. The summed E-state index contributed by atoms with van der Waals surface area (Å²) in [6, 6.07) is 0.575. The molecule has 0 spiro atoms. The molecule has 2 saturated heterocycles. The molecule has 2 aliphatic rings. The van der Waals surface area contributed by atoms with Gasteiger partial charge in [-0.2, -0.15) is 0 Å². The van der Waals surface area contributed by atoms with Crippen LogP contribution in [-0.4, -0.2) is 74.4 Å². The van der Waals surface area contributed by atoms with Gasteiger partial charge in [-0.15, -0.1) is 0 Å². The summed E-state index contributed by atoms with van der Waals surface area (Å²) in [6.45, 7) is 10.1. The highest BCUT2D eigenvalue weighted by molar-refractivity contribution is 5.72. The van der Waals surface area contributed by atoms with Crippen LogP contribution in [0.5, 0.6) is 0 Å². The van der Waals surface area contributed by atoms with Crippen molar-refractivity contribution in [2.24, 2.45) is 5.92 Å². The molecule has 2 atom stereocenters. The van der Waals surface area contributed by atoms with Gasteiger partial charge in [0.15, 0.2) is 0 Å². The smallest absolute Gasteiger partial charge is 0.309 e. The molecule has 0 aromatic rings. The Morgan fingerprint density at radius 3 is 2.85 bits per heavy atom. The maximum Gasteiger partial charge on any atom is 0.309 e. The van der Waals surface area contributed by atoms with Gasteiger partial charge in [0.1, 0.15) is 0 Å². The maximum atomic E-state index is 11.7. The first-order chi connectivity index (χ1) is 9.60. The van der Waals surface area contributed by atoms with Crippen molar-refractivity contribution in [1.29, 1.82) is 0 Å². The van der Waals surface area contributed by atoms with E-state index in [1.807, 2.05) is 0 Å². The minimum atomic E-state index is -0.0666. The van der Waals surface area contributed by atoms with Crippen LogP contribution in [0.25, 0.3) is 0 Å². The van der Waals surface area contributed by atoms with Crippen molar-refractivity contribution in [2.75, 3.05) is 46.4 Å². The second-order valence-electron chi connectivity index (χ2n) is 6.20. The molecule has 5 heteroatoms. The van der Waals surface area contributed by atoms with Crippen LogP contribution in [0.1, 0.15) is 26.7 Å². The van der Waals surface area contributed by atoms with Gasteiger partial charge in [0.05, 0.1) is 25.7 Å². The summed E-state index contributed by atoms with van der Waals surface area (Å²) in [5, 5.41) is 0. The van der Waals surface area contributed by atoms with Crippen LogP contribution >= 0.6 is 0 Å². The molecule has 2 heterocycles. The summed E-state index contributed by atoms with van der Waals surface area (Å²) < 4.78 is 10.8. The number of carbonyl (C=O) groups excluding carboxylic acids is 1. The van der Waals surface area contributed by atoms with Gasteiger partial charge in [0, 0.05) is 32.2 Å². The third-order valence-corrected chi connectivity index (χ3v) is 4.40. The van der Waals surface area contributed by atoms with E-state index in [0.717, 1.165) is 52.2 Å². The molecule has 0 radical (unpaired) electrons. The second-order valence-corrected chi connectivity index (χ2v) is 6.20. The molecule has 116 valence electrons. The molecule has 2 aliphatic heterocycles. The number of rotatable bonds is 4. The van der Waals surface area contributed by atoms with E-state index in [-0.39, 0.29) is 18.0 Å². The zero-order valence-corrected chi connectivity index (χ0v) is 13.0. The summed E-state index contributed by atoms with van der Waals surface area (Å²) in [4.78, 5) is 16.5. The molecular formula is C15H28N2O3. The number of piperidine rings is 1. The van der Waals surface area contributed by atoms with Crippen LogP contribution in [0, 0.1) is 5.92 Å². The van der Waals surface area contributed by atoms with Crippen molar-refractivity contribution in [1.82, 2.24) is 9.80 Å². The summed E-state index contributed by atoms with van der Waals surface area (Å²) in [7, 11) is 1.48. The Balaban J connectivity index is 1.81. The number of morpholine rings is 1. The molecule has 0 bridgehead atoms. The number of methoxy groups -OCH3 is 1. The lowest BCUT2D eigenvalue weighted by Crippen LogP contribution is -2.51. The maximum absolute atomic E-state index is 11.7. The molecule has 0 N–H and O–H groups in total. The summed E-state index contributed by atoms with van der Waals surface area (Å²) in [5.74, 6) is -0.0263. The molecule has 1 unspecified atom stereocenters. The second kappa shape index (κ2) is 7.38. The monoisotopic (exact) mass is 284 g/mol. The highest BCUT2D eigenvalue weighted by Crippen LogP contribution is 2.19. The minimum absolute atomic E-state index is 0.0403. The van der Waals surface area contributed by atoms with Gasteiger partial charge < -0.3 is 9.47 Å². The normalized spacial score (nSPS) is 29.6. The Morgan fingerprint density at radius 2 is 2.15 bits per heavy atom. The van der Waals surface area contributed by atoms with E-state index in [9.17, 15) is 4.79 Å². The third kappa shape index (κ3) is 4.17. The molecule has 5 nitrogen and oxygen atoms in total. The third-order valence-electron chi connectivity index (χ3n) is 4.40. The molecule has 0 saturated carbocycles. The lowest BCUT2D eigenvalue weighted by atomic mass is 9.98. The van der Waals surface area contributed by atoms with E-state index < -0.39 is 0 Å². The predicted molar refractivity (Wildman–Crippen MR) is 77.6 cm³/mol. The van der Waals surface area contributed by atoms with Crippen molar-refractivity contribution < 1.29 is 14.3 Å². The lowest BCUT2D eigenvalue weighted by Gasteiger charge is -2.39. The van der Waals surface area contributed by atoms with Crippen LogP contribution in [0.3, 0.4) is 0 Å². The van der Waals surface area contributed by atoms with Crippen molar-refractivity contribution >= 4 is 5.97 Å². The fraction of sp³-hybridized carbons (Fsp3) is 0.933. The molecule has 0 aliphatic carbocycles. The highest BCUT2D eigenvalue weighted by atomic mass is 16.5. The van der Waals surface area contributed by atoms with Gasteiger partial charge in [0.25, 0.3) is 0 Å². The van der Waals surface area contributed by atoms with Crippen molar-refractivity contribution in [3.63, 3.8) is 0 Å². The van der Waals surface area contributed by atoms with Crippen LogP contribution in [0.15, 0.2) is 0 Å². The lowest BCUT2D eigenvalue weighted by molar-refractivity contribution is -0.147. The molecule has 0 aromatic heterocycles. The van der Waals surface area contributed by atoms with Crippen LogP contribution in [0.2, 0.25) is 0 Å². The number of likely N-dealkylation sites (tertiary alicyclic amines) is 1. The van der Waals surface area contributed by atoms with E-state index in [1.54, 1.807) is 0 Å². The topological polar surface area (TPSA) is 42.0 Å². The molecular weight excluding hydrogens is 256 g/mol. The Morgan fingerprint density at radius 1 is 1.35 bits per heavy atom. The number of hydrogen-bond acceptors (Lipinski definition) is 5. The average molecular weight is 284 g/mol. The summed E-state index contributed by atoms with van der Waals surface area (Å²) in [5.41, 5.74) is 0. The summed E-state index contributed by atoms with van der Waals surface area (Å²) in [6.07, 6.45) is 2.29. The van der Waals surface area contributed by atoms with E-state index in [0.29, 0.717) is 6.04 Å². The van der Waals surface area contributed by atoms with Gasteiger partial charge in [0.2, 0.25) is 0 Å². The first-order valence-corrected chi connectivity index (χ1v) is 7.76.